The van der Waals surface area contributed by atoms with Gasteiger partial charge in [-0.25, -0.2) is 0 Å². The molecule has 0 amide bonds. The average Bonchev–Trinajstić information content (AvgIpc) is 2.90. The Kier molecular flexibility index (Phi) is 3.23. The van der Waals surface area contributed by atoms with Gasteiger partial charge in [-0.05, 0) is 29.9 Å². The molecule has 2 aromatic rings. The first-order chi connectivity index (χ1) is 8.43. The molecule has 1 heterocycles. The van der Waals surface area contributed by atoms with Gasteiger partial charge in [-0.1, -0.05) is 49.6 Å². The second-order valence-electron chi connectivity index (χ2n) is 4.72. The van der Waals surface area contributed by atoms with Crippen molar-refractivity contribution in [3.63, 3.8) is 0 Å². The zero-order chi connectivity index (χ0) is 11.5. The fourth-order valence-corrected chi connectivity index (χ4v) is 3.30. The van der Waals surface area contributed by atoms with Gasteiger partial charge in [0.25, 0.3) is 0 Å². The molecular formula is C15H16NS. The Morgan fingerprint density at radius 2 is 1.82 bits per heavy atom. The van der Waals surface area contributed by atoms with Crippen molar-refractivity contribution in [3.05, 3.63) is 42.1 Å². The molecule has 1 saturated carbocycles. The Balaban J connectivity index is 1.83. The van der Waals surface area contributed by atoms with Gasteiger partial charge in [0.1, 0.15) is 0 Å². The van der Waals surface area contributed by atoms with Gasteiger partial charge in [0, 0.05) is 12.0 Å². The highest BCUT2D eigenvalue weighted by atomic mass is 32.1. The number of aromatic nitrogens is 1. The summed E-state index contributed by atoms with van der Waals surface area (Å²) in [5.41, 5.74) is 2.45. The van der Waals surface area contributed by atoms with Crippen LogP contribution in [0.25, 0.3) is 10.4 Å². The molecule has 0 unspecified atom stereocenters. The lowest BCUT2D eigenvalue weighted by Gasteiger charge is -2.18. The standard InChI is InChI=1S/C15H16NS/c1-3-7-12(8-4-1)14-11-15(17-16-14)13-9-5-2-6-10-13/h2,5-6,9-10,12H,1,3-4,7-8H2. The summed E-state index contributed by atoms with van der Waals surface area (Å²) in [4.78, 5) is 1.19. The summed E-state index contributed by atoms with van der Waals surface area (Å²) in [5, 5.41) is 0. The van der Waals surface area contributed by atoms with Crippen LogP contribution >= 0.6 is 11.5 Å². The topological polar surface area (TPSA) is 12.9 Å². The maximum absolute atomic E-state index is 4.60. The molecule has 1 radical (unpaired) electrons. The minimum absolute atomic E-state index is 0.664. The number of nitrogens with zero attached hydrogens (tertiary/aromatic N) is 1. The number of benzene rings is 1. The van der Waals surface area contributed by atoms with Crippen LogP contribution in [0, 0.1) is 6.07 Å². The van der Waals surface area contributed by atoms with Gasteiger partial charge in [-0.15, -0.1) is 0 Å². The Morgan fingerprint density at radius 1 is 1.06 bits per heavy atom. The van der Waals surface area contributed by atoms with Crippen LogP contribution in [-0.2, 0) is 0 Å². The third-order valence-corrected chi connectivity index (χ3v) is 4.31. The molecule has 1 aliphatic rings. The zero-order valence-electron chi connectivity index (χ0n) is 9.86. The van der Waals surface area contributed by atoms with E-state index in [4.69, 9.17) is 0 Å². The smallest absolute Gasteiger partial charge is 0.0659 e. The Bertz CT molecular complexity index is 469. The van der Waals surface area contributed by atoms with Crippen molar-refractivity contribution in [2.75, 3.05) is 0 Å². The van der Waals surface area contributed by atoms with Crippen LogP contribution in [0.1, 0.15) is 43.7 Å². The Labute approximate surface area is 107 Å². The summed E-state index contributed by atoms with van der Waals surface area (Å²) < 4.78 is 4.60. The molecule has 1 nitrogen and oxygen atoms in total. The van der Waals surface area contributed by atoms with Crippen LogP contribution in [-0.4, -0.2) is 4.37 Å². The predicted octanol–water partition coefficient (Wildman–Crippen LogP) is 4.66. The molecule has 1 aromatic carbocycles. The van der Waals surface area contributed by atoms with Crippen LogP contribution in [0.4, 0.5) is 0 Å². The summed E-state index contributed by atoms with van der Waals surface area (Å²) in [6.07, 6.45) is 6.71. The SMILES string of the molecule is [c]1c(C2CCCCC2)nsc1-c1ccccc1. The van der Waals surface area contributed by atoms with Crippen LogP contribution in [0.2, 0.25) is 0 Å². The maximum atomic E-state index is 4.60. The molecule has 0 aliphatic heterocycles. The van der Waals surface area contributed by atoms with Gasteiger partial charge >= 0.3 is 0 Å². The van der Waals surface area contributed by atoms with E-state index in [1.165, 1.54) is 48.2 Å². The van der Waals surface area contributed by atoms with Crippen molar-refractivity contribution < 1.29 is 0 Å². The van der Waals surface area contributed by atoms with Crippen LogP contribution in [0.3, 0.4) is 0 Å². The summed E-state index contributed by atoms with van der Waals surface area (Å²) in [5.74, 6) is 0.664. The van der Waals surface area contributed by atoms with E-state index in [1.807, 2.05) is 6.07 Å². The fraction of sp³-hybridized carbons (Fsp3) is 0.400. The van der Waals surface area contributed by atoms with Crippen LogP contribution < -0.4 is 0 Å². The molecule has 0 spiro atoms. The average molecular weight is 242 g/mol. The molecule has 3 rings (SSSR count). The highest BCUT2D eigenvalue weighted by Crippen LogP contribution is 2.34. The molecule has 2 heteroatoms. The lowest BCUT2D eigenvalue weighted by atomic mass is 9.87. The molecule has 87 valence electrons. The van der Waals surface area contributed by atoms with Gasteiger partial charge in [0.15, 0.2) is 0 Å². The molecule has 1 aromatic heterocycles. The van der Waals surface area contributed by atoms with Crippen molar-refractivity contribution in [2.45, 2.75) is 38.0 Å². The summed E-state index contributed by atoms with van der Waals surface area (Å²) in [6, 6.07) is 14.0. The quantitative estimate of drug-likeness (QED) is 0.746. The first-order valence-corrected chi connectivity index (χ1v) is 7.15. The molecule has 1 aliphatic carbocycles. The second kappa shape index (κ2) is 5.01. The summed E-state index contributed by atoms with van der Waals surface area (Å²) in [6.45, 7) is 0. The fourth-order valence-electron chi connectivity index (χ4n) is 2.52. The van der Waals surface area contributed by atoms with E-state index in [9.17, 15) is 0 Å². The highest BCUT2D eigenvalue weighted by Gasteiger charge is 2.18. The maximum Gasteiger partial charge on any atom is 0.0659 e. The molecule has 17 heavy (non-hydrogen) atoms. The van der Waals surface area contributed by atoms with Crippen LogP contribution in [0.5, 0.6) is 0 Å². The Hall–Kier alpha value is -1.15. The van der Waals surface area contributed by atoms with Gasteiger partial charge in [-0.3, -0.25) is 0 Å². The number of hydrogen-bond acceptors (Lipinski definition) is 2. The van der Waals surface area contributed by atoms with Crippen LogP contribution in [0.15, 0.2) is 30.3 Å². The second-order valence-corrected chi connectivity index (χ2v) is 5.50. The lowest BCUT2D eigenvalue weighted by Crippen LogP contribution is -2.04. The number of rotatable bonds is 2. The van der Waals surface area contributed by atoms with Gasteiger partial charge < -0.3 is 0 Å². The van der Waals surface area contributed by atoms with Crippen molar-refractivity contribution in [3.8, 4) is 10.4 Å². The first-order valence-electron chi connectivity index (χ1n) is 6.38. The minimum atomic E-state index is 0.664. The molecule has 0 bridgehead atoms. The third-order valence-electron chi connectivity index (χ3n) is 3.50. The lowest BCUT2D eigenvalue weighted by molar-refractivity contribution is 0.438. The molecule has 0 saturated heterocycles. The predicted molar refractivity (Wildman–Crippen MR) is 72.2 cm³/mol. The zero-order valence-corrected chi connectivity index (χ0v) is 10.7. The summed E-state index contributed by atoms with van der Waals surface area (Å²) >= 11 is 1.59. The van der Waals surface area contributed by atoms with Crippen molar-refractivity contribution in [1.82, 2.24) is 4.37 Å². The minimum Gasteiger partial charge on any atom is -0.196 e. The highest BCUT2D eigenvalue weighted by molar-refractivity contribution is 7.09. The van der Waals surface area contributed by atoms with Crippen molar-refractivity contribution in [2.24, 2.45) is 0 Å². The molecule has 0 N–H and O–H groups in total. The third kappa shape index (κ3) is 2.42. The van der Waals surface area contributed by atoms with Crippen molar-refractivity contribution in [1.29, 1.82) is 0 Å². The van der Waals surface area contributed by atoms with E-state index in [1.54, 1.807) is 11.5 Å². The van der Waals surface area contributed by atoms with E-state index in [-0.39, 0.29) is 0 Å². The van der Waals surface area contributed by atoms with E-state index < -0.39 is 0 Å². The van der Waals surface area contributed by atoms with Gasteiger partial charge in [0.05, 0.1) is 10.6 Å². The monoisotopic (exact) mass is 242 g/mol. The largest absolute Gasteiger partial charge is 0.196 e. The van der Waals surface area contributed by atoms with E-state index >= 15 is 0 Å². The normalized spacial score (nSPS) is 17.2. The van der Waals surface area contributed by atoms with Gasteiger partial charge in [-0.2, -0.15) is 4.37 Å². The molecular weight excluding hydrogens is 226 g/mol. The van der Waals surface area contributed by atoms with Gasteiger partial charge in [0.2, 0.25) is 0 Å². The van der Waals surface area contributed by atoms with Crippen molar-refractivity contribution >= 4 is 11.5 Å². The Morgan fingerprint density at radius 3 is 2.59 bits per heavy atom. The van der Waals surface area contributed by atoms with E-state index in [0.717, 1.165) is 0 Å². The van der Waals surface area contributed by atoms with E-state index in [2.05, 4.69) is 34.7 Å². The molecule has 0 atom stereocenters. The molecule has 1 fully saturated rings. The number of hydrogen-bond donors (Lipinski definition) is 0. The first kappa shape index (κ1) is 11.0. The van der Waals surface area contributed by atoms with E-state index in [0.29, 0.717) is 5.92 Å². The summed E-state index contributed by atoms with van der Waals surface area (Å²) in [7, 11) is 0.